The van der Waals surface area contributed by atoms with E-state index >= 15 is 0 Å². The van der Waals surface area contributed by atoms with Crippen LogP contribution in [0.3, 0.4) is 0 Å². The van der Waals surface area contributed by atoms with Gasteiger partial charge in [-0.25, -0.2) is 0 Å². The predicted octanol–water partition coefficient (Wildman–Crippen LogP) is 2.61. The number of aliphatic hydroxyl groups is 2. The lowest BCUT2D eigenvalue weighted by molar-refractivity contribution is -0.123. The number of halogens is 1. The van der Waals surface area contributed by atoms with E-state index in [-0.39, 0.29) is 18.9 Å². The van der Waals surface area contributed by atoms with E-state index < -0.39 is 12.2 Å². The molecule has 2 atom stereocenters. The Kier molecular flexibility index (Phi) is 5.95. The molecule has 116 valence electrons. The first-order chi connectivity index (χ1) is 10.6. The number of hydrogen-bond acceptors (Lipinski definition) is 3. The minimum atomic E-state index is -0.853. The maximum Gasteiger partial charge on any atom is 0.223 e. The maximum atomic E-state index is 11.8. The van der Waals surface area contributed by atoms with Gasteiger partial charge in [0.1, 0.15) is 0 Å². The molecule has 0 radical (unpaired) electrons. The third-order valence-electron chi connectivity index (χ3n) is 3.31. The minimum absolute atomic E-state index is 0.0443. The average molecular weight is 320 g/mol. The lowest BCUT2D eigenvalue weighted by Crippen LogP contribution is -2.29. The summed E-state index contributed by atoms with van der Waals surface area (Å²) in [6.45, 7) is 0.0853. The summed E-state index contributed by atoms with van der Waals surface area (Å²) in [5, 5.41) is 23.2. The maximum absolute atomic E-state index is 11.8. The Hall–Kier alpha value is -1.88. The van der Waals surface area contributed by atoms with Crippen molar-refractivity contribution in [2.45, 2.75) is 18.6 Å². The molecular formula is C17H18ClNO3. The van der Waals surface area contributed by atoms with Crippen molar-refractivity contribution >= 4 is 17.5 Å². The first-order valence-corrected chi connectivity index (χ1v) is 7.37. The van der Waals surface area contributed by atoms with Crippen LogP contribution in [0.25, 0.3) is 0 Å². The highest BCUT2D eigenvalue weighted by Crippen LogP contribution is 2.17. The van der Waals surface area contributed by atoms with E-state index in [9.17, 15) is 15.0 Å². The van der Waals surface area contributed by atoms with Crippen molar-refractivity contribution in [1.82, 2.24) is 5.32 Å². The number of aliphatic hydroxyl groups excluding tert-OH is 2. The van der Waals surface area contributed by atoms with Gasteiger partial charge in [-0.2, -0.15) is 0 Å². The molecule has 2 aromatic carbocycles. The fraction of sp³-hybridized carbons (Fsp3) is 0.235. The van der Waals surface area contributed by atoms with E-state index in [2.05, 4.69) is 5.32 Å². The van der Waals surface area contributed by atoms with Crippen molar-refractivity contribution < 1.29 is 15.0 Å². The van der Waals surface area contributed by atoms with Gasteiger partial charge in [-0.05, 0) is 23.3 Å². The number of rotatable bonds is 6. The molecule has 0 spiro atoms. The highest BCUT2D eigenvalue weighted by Gasteiger charge is 2.14. The van der Waals surface area contributed by atoms with Gasteiger partial charge in [-0.15, -0.1) is 0 Å². The highest BCUT2D eigenvalue weighted by molar-refractivity contribution is 6.30. The Labute approximate surface area is 134 Å². The summed E-state index contributed by atoms with van der Waals surface area (Å²) in [7, 11) is 0. The molecule has 0 saturated carbocycles. The summed E-state index contributed by atoms with van der Waals surface area (Å²) in [6, 6.07) is 15.8. The average Bonchev–Trinajstić information content (AvgIpc) is 2.54. The highest BCUT2D eigenvalue weighted by atomic mass is 35.5. The molecule has 2 rings (SSSR count). The van der Waals surface area contributed by atoms with Crippen LogP contribution in [0.5, 0.6) is 0 Å². The zero-order valence-electron chi connectivity index (χ0n) is 11.9. The van der Waals surface area contributed by atoms with Gasteiger partial charge in [-0.3, -0.25) is 4.79 Å². The van der Waals surface area contributed by atoms with E-state index in [1.165, 1.54) is 0 Å². The SMILES string of the molecule is O=C(CC(O)c1ccccc1)NCC(O)c1ccc(Cl)cc1. The molecule has 0 fully saturated rings. The van der Waals surface area contributed by atoms with Crippen molar-refractivity contribution in [2.24, 2.45) is 0 Å². The third kappa shape index (κ3) is 4.84. The molecule has 0 bridgehead atoms. The quantitative estimate of drug-likeness (QED) is 0.766. The summed E-state index contributed by atoms with van der Waals surface area (Å²) in [5.74, 6) is -0.315. The molecule has 0 heterocycles. The number of amides is 1. The third-order valence-corrected chi connectivity index (χ3v) is 3.56. The molecule has 1 amide bonds. The van der Waals surface area contributed by atoms with E-state index in [1.54, 1.807) is 48.5 Å². The van der Waals surface area contributed by atoms with Gasteiger partial charge in [0.2, 0.25) is 5.91 Å². The Balaban J connectivity index is 1.81. The van der Waals surface area contributed by atoms with Gasteiger partial charge in [-0.1, -0.05) is 54.1 Å². The molecule has 0 aliphatic carbocycles. The normalized spacial score (nSPS) is 13.4. The van der Waals surface area contributed by atoms with Gasteiger partial charge in [0, 0.05) is 11.6 Å². The van der Waals surface area contributed by atoms with Crippen LogP contribution < -0.4 is 5.32 Å². The van der Waals surface area contributed by atoms with Gasteiger partial charge in [0.15, 0.2) is 0 Å². The van der Waals surface area contributed by atoms with Gasteiger partial charge in [0.25, 0.3) is 0 Å². The summed E-state index contributed by atoms with van der Waals surface area (Å²) in [5.41, 5.74) is 1.37. The number of nitrogens with one attached hydrogen (secondary N) is 1. The second-order valence-electron chi connectivity index (χ2n) is 5.00. The zero-order chi connectivity index (χ0) is 15.9. The van der Waals surface area contributed by atoms with Crippen LogP contribution >= 0.6 is 11.6 Å². The van der Waals surface area contributed by atoms with Crippen LogP contribution in [0.4, 0.5) is 0 Å². The fourth-order valence-corrected chi connectivity index (χ4v) is 2.18. The Morgan fingerprint density at radius 2 is 1.55 bits per heavy atom. The monoisotopic (exact) mass is 319 g/mol. The molecule has 2 aromatic rings. The summed E-state index contributed by atoms with van der Waals surface area (Å²) >= 11 is 5.78. The van der Waals surface area contributed by atoms with E-state index in [1.807, 2.05) is 6.07 Å². The Morgan fingerprint density at radius 3 is 2.18 bits per heavy atom. The second kappa shape index (κ2) is 7.94. The van der Waals surface area contributed by atoms with Crippen LogP contribution in [0, 0.1) is 0 Å². The number of carbonyl (C=O) groups is 1. The number of carbonyl (C=O) groups excluding carboxylic acids is 1. The van der Waals surface area contributed by atoms with Gasteiger partial charge < -0.3 is 15.5 Å². The van der Waals surface area contributed by atoms with Crippen LogP contribution in [-0.4, -0.2) is 22.7 Å². The molecule has 0 saturated heterocycles. The van der Waals surface area contributed by atoms with Gasteiger partial charge >= 0.3 is 0 Å². The molecule has 2 unspecified atom stereocenters. The lowest BCUT2D eigenvalue weighted by Gasteiger charge is -2.14. The summed E-state index contributed by atoms with van der Waals surface area (Å²) in [6.07, 6.45) is -1.71. The topological polar surface area (TPSA) is 69.6 Å². The summed E-state index contributed by atoms with van der Waals surface area (Å²) < 4.78 is 0. The molecule has 22 heavy (non-hydrogen) atoms. The predicted molar refractivity (Wildman–Crippen MR) is 85.4 cm³/mol. The van der Waals surface area contributed by atoms with Gasteiger partial charge in [0.05, 0.1) is 18.6 Å². The Morgan fingerprint density at radius 1 is 0.955 bits per heavy atom. The van der Waals surface area contributed by atoms with Crippen LogP contribution in [0.2, 0.25) is 5.02 Å². The number of hydrogen-bond donors (Lipinski definition) is 3. The standard InChI is InChI=1S/C17H18ClNO3/c18-14-8-6-13(7-9-14)16(21)11-19-17(22)10-15(20)12-4-2-1-3-5-12/h1-9,15-16,20-21H,10-11H2,(H,19,22). The smallest absolute Gasteiger partial charge is 0.223 e. The van der Waals surface area contributed by atoms with Crippen molar-refractivity contribution in [1.29, 1.82) is 0 Å². The zero-order valence-corrected chi connectivity index (χ0v) is 12.7. The molecule has 0 aliphatic heterocycles. The molecular weight excluding hydrogens is 302 g/mol. The van der Waals surface area contributed by atoms with Crippen LogP contribution in [0.1, 0.15) is 29.8 Å². The molecule has 5 heteroatoms. The van der Waals surface area contributed by atoms with Crippen molar-refractivity contribution in [3.63, 3.8) is 0 Å². The van der Waals surface area contributed by atoms with E-state index in [0.29, 0.717) is 16.1 Å². The lowest BCUT2D eigenvalue weighted by atomic mass is 10.1. The van der Waals surface area contributed by atoms with Crippen molar-refractivity contribution in [3.8, 4) is 0 Å². The van der Waals surface area contributed by atoms with Crippen molar-refractivity contribution in [2.75, 3.05) is 6.54 Å². The second-order valence-corrected chi connectivity index (χ2v) is 5.44. The van der Waals surface area contributed by atoms with Crippen LogP contribution in [-0.2, 0) is 4.79 Å². The number of benzene rings is 2. The fourth-order valence-electron chi connectivity index (χ4n) is 2.05. The molecule has 0 aromatic heterocycles. The Bertz CT molecular complexity index is 601. The van der Waals surface area contributed by atoms with Crippen LogP contribution in [0.15, 0.2) is 54.6 Å². The van der Waals surface area contributed by atoms with E-state index in [0.717, 1.165) is 0 Å². The van der Waals surface area contributed by atoms with E-state index in [4.69, 9.17) is 11.6 Å². The van der Waals surface area contributed by atoms with Crippen molar-refractivity contribution in [3.05, 3.63) is 70.7 Å². The largest absolute Gasteiger partial charge is 0.388 e. The molecule has 3 N–H and O–H groups in total. The molecule has 4 nitrogen and oxygen atoms in total. The molecule has 0 aliphatic rings. The summed E-state index contributed by atoms with van der Waals surface area (Å²) in [4.78, 5) is 11.8. The minimum Gasteiger partial charge on any atom is -0.388 e. The first-order valence-electron chi connectivity index (χ1n) is 6.99. The first kappa shape index (κ1) is 16.5.